The maximum absolute atomic E-state index is 13.0. The van der Waals surface area contributed by atoms with Gasteiger partial charge in [-0.3, -0.25) is 4.79 Å². The maximum Gasteiger partial charge on any atom is 0.230 e. The summed E-state index contributed by atoms with van der Waals surface area (Å²) in [4.78, 5) is 14.1. The lowest BCUT2D eigenvalue weighted by molar-refractivity contribution is -0.138. The normalized spacial score (nSPS) is 39.0. The van der Waals surface area contributed by atoms with Crippen LogP contribution >= 0.6 is 23.4 Å². The van der Waals surface area contributed by atoms with Gasteiger partial charge in [-0.1, -0.05) is 0 Å². The average Bonchev–Trinajstić information content (AvgIpc) is 2.45. The Morgan fingerprint density at radius 1 is 1.18 bits per heavy atom. The van der Waals surface area contributed by atoms with Crippen molar-refractivity contribution in [3.63, 3.8) is 0 Å². The van der Waals surface area contributed by atoms with Gasteiger partial charge in [-0.05, 0) is 80.9 Å². The first-order valence-corrected chi connectivity index (χ1v) is 9.75. The molecule has 0 aromatic heterocycles. The number of benzene rings is 1. The van der Waals surface area contributed by atoms with Crippen LogP contribution in [0.4, 0.5) is 5.69 Å². The lowest BCUT2D eigenvalue weighted by Crippen LogP contribution is -2.57. The van der Waals surface area contributed by atoms with Gasteiger partial charge in [0, 0.05) is 15.5 Å². The molecule has 118 valence electrons. The molecule has 1 amide bonds. The minimum absolute atomic E-state index is 0.107. The number of nitrogens with one attached hydrogen (secondary N) is 1. The van der Waals surface area contributed by atoms with E-state index in [4.69, 9.17) is 11.6 Å². The molecule has 22 heavy (non-hydrogen) atoms. The first kappa shape index (κ1) is 14.9. The summed E-state index contributed by atoms with van der Waals surface area (Å²) in [6.45, 7) is 0. The van der Waals surface area contributed by atoms with Crippen molar-refractivity contribution in [1.82, 2.24) is 0 Å². The molecule has 5 rings (SSSR count). The number of halogens is 1. The largest absolute Gasteiger partial charge is 0.326 e. The highest BCUT2D eigenvalue weighted by Gasteiger charge is 2.60. The maximum atomic E-state index is 13.0. The fraction of sp³-hybridized carbons (Fsp3) is 0.611. The van der Waals surface area contributed by atoms with Gasteiger partial charge in [0.05, 0.1) is 5.41 Å². The highest BCUT2D eigenvalue weighted by atomic mass is 35.5. The predicted molar refractivity (Wildman–Crippen MR) is 92.6 cm³/mol. The van der Waals surface area contributed by atoms with Crippen molar-refractivity contribution in [2.24, 2.45) is 17.3 Å². The second kappa shape index (κ2) is 5.17. The zero-order valence-corrected chi connectivity index (χ0v) is 14.5. The van der Waals surface area contributed by atoms with E-state index >= 15 is 0 Å². The SMILES string of the molecule is CSc1ccc(NC(=O)C23CC4CC(CC(Cl)(C4)C2)C3)cc1. The standard InChI is InChI=1S/C18H22ClNOS/c1-22-15-4-2-14(3-5-15)20-16(21)17-7-12-6-13(8-17)10-18(19,9-12)11-17/h2-5,12-13H,6-11H2,1H3,(H,20,21). The number of amides is 1. The van der Waals surface area contributed by atoms with Gasteiger partial charge in [-0.25, -0.2) is 0 Å². The molecule has 4 heteroatoms. The summed E-state index contributed by atoms with van der Waals surface area (Å²) in [6.07, 6.45) is 8.50. The molecule has 2 atom stereocenters. The van der Waals surface area contributed by atoms with E-state index in [0.29, 0.717) is 11.8 Å². The van der Waals surface area contributed by atoms with Gasteiger partial charge >= 0.3 is 0 Å². The molecule has 2 nitrogen and oxygen atoms in total. The third kappa shape index (κ3) is 2.46. The van der Waals surface area contributed by atoms with E-state index < -0.39 is 0 Å². The van der Waals surface area contributed by atoms with Crippen LogP contribution in [0.15, 0.2) is 29.2 Å². The highest BCUT2D eigenvalue weighted by Crippen LogP contribution is 2.64. The van der Waals surface area contributed by atoms with Crippen molar-refractivity contribution in [2.75, 3.05) is 11.6 Å². The Hall–Kier alpha value is -0.670. The number of hydrogen-bond donors (Lipinski definition) is 1. The van der Waals surface area contributed by atoms with Crippen molar-refractivity contribution >= 4 is 35.0 Å². The first-order chi connectivity index (χ1) is 10.5. The van der Waals surface area contributed by atoms with Crippen molar-refractivity contribution in [3.05, 3.63) is 24.3 Å². The fourth-order valence-corrected chi connectivity index (χ4v) is 6.45. The first-order valence-electron chi connectivity index (χ1n) is 8.15. The van der Waals surface area contributed by atoms with E-state index in [2.05, 4.69) is 23.7 Å². The third-order valence-electron chi connectivity index (χ3n) is 5.82. The van der Waals surface area contributed by atoms with Crippen LogP contribution in [0.3, 0.4) is 0 Å². The highest BCUT2D eigenvalue weighted by molar-refractivity contribution is 7.98. The molecular weight excluding hydrogens is 314 g/mol. The van der Waals surface area contributed by atoms with E-state index in [0.717, 1.165) is 37.8 Å². The number of alkyl halides is 1. The summed E-state index contributed by atoms with van der Waals surface area (Å²) in [5.74, 6) is 1.51. The van der Waals surface area contributed by atoms with Gasteiger partial charge in [-0.2, -0.15) is 0 Å². The number of thioether (sulfide) groups is 1. The Labute approximate surface area is 141 Å². The summed E-state index contributed by atoms with van der Waals surface area (Å²) in [6, 6.07) is 8.12. The lowest BCUT2D eigenvalue weighted by atomic mass is 9.49. The quantitative estimate of drug-likeness (QED) is 0.627. The van der Waals surface area contributed by atoms with Crippen LogP contribution in [-0.2, 0) is 4.79 Å². The molecule has 1 aromatic rings. The second-order valence-electron chi connectivity index (χ2n) is 7.57. The van der Waals surface area contributed by atoms with Gasteiger partial charge < -0.3 is 5.32 Å². The van der Waals surface area contributed by atoms with E-state index in [-0.39, 0.29) is 16.2 Å². The van der Waals surface area contributed by atoms with Gasteiger partial charge in [-0.15, -0.1) is 23.4 Å². The van der Waals surface area contributed by atoms with Crippen molar-refractivity contribution in [2.45, 2.75) is 48.3 Å². The number of carbonyl (C=O) groups excluding carboxylic acids is 1. The van der Waals surface area contributed by atoms with E-state index in [1.807, 2.05) is 12.1 Å². The average molecular weight is 336 g/mol. The molecule has 0 heterocycles. The molecule has 4 aliphatic carbocycles. The number of carbonyl (C=O) groups is 1. The van der Waals surface area contributed by atoms with Gasteiger partial charge in [0.15, 0.2) is 0 Å². The summed E-state index contributed by atoms with van der Waals surface area (Å²) < 4.78 is 0. The lowest BCUT2D eigenvalue weighted by Gasteiger charge is -2.59. The molecule has 4 saturated carbocycles. The molecule has 4 fully saturated rings. The molecule has 2 unspecified atom stereocenters. The molecule has 1 N–H and O–H groups in total. The third-order valence-corrected chi connectivity index (χ3v) is 7.01. The van der Waals surface area contributed by atoms with Crippen molar-refractivity contribution in [1.29, 1.82) is 0 Å². The topological polar surface area (TPSA) is 29.1 Å². The van der Waals surface area contributed by atoms with Crippen LogP contribution in [0, 0.1) is 17.3 Å². The molecule has 0 aliphatic heterocycles. The molecule has 1 aromatic carbocycles. The fourth-order valence-electron chi connectivity index (χ4n) is 5.35. The van der Waals surface area contributed by atoms with Crippen LogP contribution in [0.1, 0.15) is 38.5 Å². The van der Waals surface area contributed by atoms with Gasteiger partial charge in [0.1, 0.15) is 0 Å². The minimum Gasteiger partial charge on any atom is -0.326 e. The van der Waals surface area contributed by atoms with Crippen molar-refractivity contribution < 1.29 is 4.79 Å². The molecular formula is C18H22ClNOS. The number of hydrogen-bond acceptors (Lipinski definition) is 2. The summed E-state index contributed by atoms with van der Waals surface area (Å²) in [5.41, 5.74) is 0.687. The predicted octanol–water partition coefficient (Wildman–Crippen LogP) is 4.92. The Bertz CT molecular complexity index is 586. The number of anilines is 1. The van der Waals surface area contributed by atoms with E-state index in [9.17, 15) is 4.79 Å². The zero-order valence-electron chi connectivity index (χ0n) is 12.9. The molecule has 0 spiro atoms. The molecule has 0 saturated heterocycles. The monoisotopic (exact) mass is 335 g/mol. The van der Waals surface area contributed by atoms with Gasteiger partial charge in [0.25, 0.3) is 0 Å². The van der Waals surface area contributed by atoms with Crippen LogP contribution < -0.4 is 5.32 Å². The van der Waals surface area contributed by atoms with E-state index in [1.165, 1.54) is 11.3 Å². The summed E-state index contributed by atoms with van der Waals surface area (Å²) in [7, 11) is 0. The minimum atomic E-state index is -0.218. The molecule has 0 radical (unpaired) electrons. The van der Waals surface area contributed by atoms with Crippen LogP contribution in [0.2, 0.25) is 0 Å². The summed E-state index contributed by atoms with van der Waals surface area (Å²) >= 11 is 8.54. The van der Waals surface area contributed by atoms with E-state index in [1.54, 1.807) is 11.8 Å². The van der Waals surface area contributed by atoms with Gasteiger partial charge in [0.2, 0.25) is 5.91 Å². The smallest absolute Gasteiger partial charge is 0.230 e. The van der Waals surface area contributed by atoms with Crippen LogP contribution in [-0.4, -0.2) is 17.0 Å². The Balaban J connectivity index is 1.54. The molecule has 4 bridgehead atoms. The summed E-state index contributed by atoms with van der Waals surface area (Å²) in [5, 5.41) is 3.16. The Morgan fingerprint density at radius 3 is 2.36 bits per heavy atom. The number of rotatable bonds is 3. The Kier molecular flexibility index (Phi) is 3.50. The van der Waals surface area contributed by atoms with Crippen molar-refractivity contribution in [3.8, 4) is 0 Å². The molecule has 4 aliphatic rings. The second-order valence-corrected chi connectivity index (χ2v) is 9.26. The van der Waals surface area contributed by atoms with Crippen LogP contribution in [0.5, 0.6) is 0 Å². The van der Waals surface area contributed by atoms with Crippen LogP contribution in [0.25, 0.3) is 0 Å². The zero-order chi connectivity index (χ0) is 15.4. The Morgan fingerprint density at radius 2 is 1.82 bits per heavy atom.